The van der Waals surface area contributed by atoms with Crippen LogP contribution in [0.4, 0.5) is 0 Å². The van der Waals surface area contributed by atoms with Crippen molar-refractivity contribution in [3.05, 3.63) is 46.6 Å². The maximum atomic E-state index is 13.9. The summed E-state index contributed by atoms with van der Waals surface area (Å²) in [5.41, 5.74) is 3.26. The van der Waals surface area contributed by atoms with E-state index in [0.29, 0.717) is 11.8 Å². The zero-order chi connectivity index (χ0) is 20.5. The van der Waals surface area contributed by atoms with Crippen molar-refractivity contribution in [2.75, 3.05) is 0 Å². The Morgan fingerprint density at radius 1 is 0.600 bits per heavy atom. The number of carbonyl (C=O) groups is 2. The average molecular weight is 405 g/mol. The molecule has 2 fully saturated rings. The molecule has 0 radical (unpaired) electrons. The van der Waals surface area contributed by atoms with Crippen molar-refractivity contribution in [3.8, 4) is 0 Å². The van der Waals surface area contributed by atoms with Crippen molar-refractivity contribution in [1.29, 1.82) is 0 Å². The van der Waals surface area contributed by atoms with Gasteiger partial charge in [-0.25, -0.2) is 0 Å². The second kappa shape index (κ2) is 8.81. The van der Waals surface area contributed by atoms with E-state index in [1.807, 2.05) is 6.08 Å². The van der Waals surface area contributed by atoms with Crippen molar-refractivity contribution < 1.29 is 9.59 Å². The van der Waals surface area contributed by atoms with E-state index < -0.39 is 0 Å². The molecule has 2 saturated carbocycles. The van der Waals surface area contributed by atoms with Gasteiger partial charge in [0.2, 0.25) is 0 Å². The summed E-state index contributed by atoms with van der Waals surface area (Å²) in [6.45, 7) is 0. The SMILES string of the molecule is O=C1C2=C(C(=O)C3=C1C1CCCCCCC(C=C3)C1)C1CCCCCCCC1C=C2. The van der Waals surface area contributed by atoms with Gasteiger partial charge in [0.15, 0.2) is 11.6 Å². The highest BCUT2D eigenvalue weighted by atomic mass is 16.1. The molecule has 0 saturated heterocycles. The third-order valence-corrected chi connectivity index (χ3v) is 8.42. The summed E-state index contributed by atoms with van der Waals surface area (Å²) < 4.78 is 0. The lowest BCUT2D eigenvalue weighted by atomic mass is 9.67. The molecule has 2 heteroatoms. The molecule has 0 spiro atoms. The van der Waals surface area contributed by atoms with Crippen LogP contribution in [0.1, 0.15) is 89.9 Å². The first kappa shape index (κ1) is 20.2. The Labute approximate surface area is 181 Å². The zero-order valence-electron chi connectivity index (χ0n) is 18.3. The smallest absolute Gasteiger partial charge is 0.190 e. The molecule has 5 aliphatic rings. The highest BCUT2D eigenvalue weighted by Crippen LogP contribution is 2.46. The number of hydrogen-bond donors (Lipinski definition) is 0. The Morgan fingerprint density at radius 2 is 1.20 bits per heavy atom. The van der Waals surface area contributed by atoms with Gasteiger partial charge < -0.3 is 0 Å². The molecule has 0 heterocycles. The van der Waals surface area contributed by atoms with E-state index in [9.17, 15) is 9.59 Å². The zero-order valence-corrected chi connectivity index (χ0v) is 18.3. The summed E-state index contributed by atoms with van der Waals surface area (Å²) in [5, 5.41) is 0. The van der Waals surface area contributed by atoms with Gasteiger partial charge in [0.1, 0.15) is 0 Å². The highest BCUT2D eigenvalue weighted by Gasteiger charge is 2.42. The number of fused-ring (bicyclic) bond motifs is 5. The van der Waals surface area contributed by atoms with Crippen LogP contribution in [0, 0.1) is 23.7 Å². The van der Waals surface area contributed by atoms with Crippen LogP contribution in [0.2, 0.25) is 0 Å². The van der Waals surface area contributed by atoms with E-state index in [2.05, 4.69) is 18.2 Å². The van der Waals surface area contributed by atoms with Gasteiger partial charge in [0.25, 0.3) is 0 Å². The molecular formula is C28H36O2. The van der Waals surface area contributed by atoms with Crippen molar-refractivity contribution in [2.45, 2.75) is 89.9 Å². The fourth-order valence-corrected chi connectivity index (χ4v) is 6.80. The Bertz CT molecular complexity index is 837. The van der Waals surface area contributed by atoms with E-state index in [1.54, 1.807) is 0 Å². The second-order valence-corrected chi connectivity index (χ2v) is 10.3. The molecule has 0 aliphatic heterocycles. The van der Waals surface area contributed by atoms with Gasteiger partial charge in [-0.2, -0.15) is 0 Å². The van der Waals surface area contributed by atoms with Gasteiger partial charge in [0.05, 0.1) is 0 Å². The van der Waals surface area contributed by atoms with E-state index in [-0.39, 0.29) is 23.4 Å². The quantitative estimate of drug-likeness (QED) is 0.415. The second-order valence-electron chi connectivity index (χ2n) is 10.3. The number of allylic oxidation sites excluding steroid dienone is 8. The van der Waals surface area contributed by atoms with Crippen LogP contribution in [0.25, 0.3) is 0 Å². The van der Waals surface area contributed by atoms with Crippen LogP contribution < -0.4 is 0 Å². The van der Waals surface area contributed by atoms with E-state index in [1.165, 1.54) is 64.2 Å². The van der Waals surface area contributed by atoms with Gasteiger partial charge in [0, 0.05) is 22.3 Å². The maximum absolute atomic E-state index is 13.9. The molecule has 0 aromatic rings. The molecular weight excluding hydrogens is 368 g/mol. The first-order valence-electron chi connectivity index (χ1n) is 12.7. The molecule has 0 amide bonds. The normalized spacial score (nSPS) is 35.1. The van der Waals surface area contributed by atoms with E-state index in [0.717, 1.165) is 48.0 Å². The molecule has 0 aromatic heterocycles. The predicted molar refractivity (Wildman–Crippen MR) is 121 cm³/mol. The Kier molecular flexibility index (Phi) is 5.94. The Balaban J connectivity index is 1.53. The third kappa shape index (κ3) is 3.72. The van der Waals surface area contributed by atoms with E-state index in [4.69, 9.17) is 0 Å². The van der Waals surface area contributed by atoms with Gasteiger partial charge in [-0.05, 0) is 55.8 Å². The minimum absolute atomic E-state index is 0.184. The summed E-state index contributed by atoms with van der Waals surface area (Å²) in [4.78, 5) is 27.7. The lowest BCUT2D eigenvalue weighted by Crippen LogP contribution is -2.33. The van der Waals surface area contributed by atoms with Gasteiger partial charge in [-0.1, -0.05) is 82.1 Å². The Hall–Kier alpha value is -1.70. The van der Waals surface area contributed by atoms with Crippen molar-refractivity contribution in [1.82, 2.24) is 0 Å². The summed E-state index contributed by atoms with van der Waals surface area (Å²) in [6, 6.07) is 0. The largest absolute Gasteiger partial charge is 0.289 e. The number of Topliss-reactive ketones (excluding diaryl/α,β-unsaturated/α-hetero) is 2. The number of hydrogen-bond acceptors (Lipinski definition) is 2. The fraction of sp³-hybridized carbons (Fsp3) is 0.643. The topological polar surface area (TPSA) is 34.1 Å². The van der Waals surface area contributed by atoms with Gasteiger partial charge in [-0.3, -0.25) is 9.59 Å². The first-order chi connectivity index (χ1) is 14.7. The summed E-state index contributed by atoms with van der Waals surface area (Å²) in [5.74, 6) is 1.84. The molecule has 4 unspecified atom stereocenters. The number of carbonyl (C=O) groups excluding carboxylic acids is 2. The highest BCUT2D eigenvalue weighted by molar-refractivity contribution is 6.28. The van der Waals surface area contributed by atoms with Gasteiger partial charge >= 0.3 is 0 Å². The number of ketones is 2. The van der Waals surface area contributed by atoms with Crippen LogP contribution in [-0.4, -0.2) is 11.6 Å². The monoisotopic (exact) mass is 404 g/mol. The Morgan fingerprint density at radius 3 is 2.03 bits per heavy atom. The van der Waals surface area contributed by atoms with Gasteiger partial charge in [-0.15, -0.1) is 0 Å². The standard InChI is InChI=1S/C28H36O2/c29-27-24-17-15-20-11-7-2-1-3-9-13-22(20)26(24)28(30)23-16-14-19-10-6-4-5-8-12-21(18-19)25(23)27/h14-17,19-22H,1-13,18H2. The van der Waals surface area contributed by atoms with Crippen molar-refractivity contribution >= 4 is 11.6 Å². The van der Waals surface area contributed by atoms with Crippen molar-refractivity contribution in [2.24, 2.45) is 23.7 Å². The number of rotatable bonds is 0. The summed E-state index contributed by atoms with van der Waals surface area (Å²) in [7, 11) is 0. The van der Waals surface area contributed by atoms with E-state index >= 15 is 0 Å². The lowest BCUT2D eigenvalue weighted by molar-refractivity contribution is -0.117. The molecule has 0 aromatic carbocycles. The minimum Gasteiger partial charge on any atom is -0.289 e. The minimum atomic E-state index is 0.184. The van der Waals surface area contributed by atoms with Crippen molar-refractivity contribution in [3.63, 3.8) is 0 Å². The van der Waals surface area contributed by atoms with Crippen LogP contribution in [-0.2, 0) is 9.59 Å². The van der Waals surface area contributed by atoms with Crippen LogP contribution in [0.3, 0.4) is 0 Å². The average Bonchev–Trinajstić information content (AvgIpc) is 2.81. The summed E-state index contributed by atoms with van der Waals surface area (Å²) >= 11 is 0. The van der Waals surface area contributed by atoms with Crippen LogP contribution in [0.5, 0.6) is 0 Å². The molecule has 30 heavy (non-hydrogen) atoms. The molecule has 0 N–H and O–H groups in total. The third-order valence-electron chi connectivity index (χ3n) is 8.42. The fourth-order valence-electron chi connectivity index (χ4n) is 6.80. The lowest BCUT2D eigenvalue weighted by Gasteiger charge is -2.35. The predicted octanol–water partition coefficient (Wildman–Crippen LogP) is 6.82. The molecule has 4 atom stereocenters. The molecule has 5 rings (SSSR count). The van der Waals surface area contributed by atoms with Crippen LogP contribution in [0.15, 0.2) is 46.6 Å². The molecule has 160 valence electrons. The van der Waals surface area contributed by atoms with Crippen LogP contribution >= 0.6 is 0 Å². The molecule has 2 bridgehead atoms. The first-order valence-corrected chi connectivity index (χ1v) is 12.7. The summed E-state index contributed by atoms with van der Waals surface area (Å²) in [6.07, 6.45) is 25.5. The maximum Gasteiger partial charge on any atom is 0.190 e. The molecule has 5 aliphatic carbocycles. The molecule has 2 nitrogen and oxygen atoms in total.